The highest BCUT2D eigenvalue weighted by Gasteiger charge is 2.26. The molecule has 0 atom stereocenters. The number of benzene rings is 2. The number of hydrogen-bond acceptors (Lipinski definition) is 3. The van der Waals surface area contributed by atoms with Crippen molar-refractivity contribution in [1.82, 2.24) is 14.7 Å². The van der Waals surface area contributed by atoms with Gasteiger partial charge in [-0.2, -0.15) is 0 Å². The lowest BCUT2D eigenvalue weighted by Crippen LogP contribution is -2.39. The first-order valence-electron chi connectivity index (χ1n) is 12.7. The SMILES string of the molecule is CCCCCCCC(=O)N(CC(=O)c1c(-c2ccccc2)[nH]n(-c2ccccc2)c1=O)CC(C)C. The molecule has 1 aromatic heterocycles. The molecule has 6 nitrogen and oxygen atoms in total. The van der Waals surface area contributed by atoms with Crippen molar-refractivity contribution in [1.29, 1.82) is 0 Å². The molecule has 1 heterocycles. The lowest BCUT2D eigenvalue weighted by atomic mass is 10.0. The van der Waals surface area contributed by atoms with Crippen LogP contribution in [0.25, 0.3) is 16.9 Å². The predicted molar refractivity (Wildman–Crippen MR) is 141 cm³/mol. The average molecular weight is 476 g/mol. The van der Waals surface area contributed by atoms with E-state index in [2.05, 4.69) is 12.0 Å². The summed E-state index contributed by atoms with van der Waals surface area (Å²) in [5.41, 5.74) is 1.55. The minimum Gasteiger partial charge on any atom is -0.335 e. The molecule has 0 saturated heterocycles. The number of nitrogens with zero attached hydrogens (tertiary/aromatic N) is 2. The summed E-state index contributed by atoms with van der Waals surface area (Å²) in [5.74, 6) is -0.156. The van der Waals surface area contributed by atoms with Crippen LogP contribution in [0.2, 0.25) is 0 Å². The van der Waals surface area contributed by atoms with Crippen molar-refractivity contribution in [2.24, 2.45) is 5.92 Å². The van der Waals surface area contributed by atoms with Crippen molar-refractivity contribution in [2.75, 3.05) is 13.1 Å². The highest BCUT2D eigenvalue weighted by atomic mass is 16.2. The topological polar surface area (TPSA) is 75.2 Å². The van der Waals surface area contributed by atoms with E-state index in [4.69, 9.17) is 0 Å². The molecule has 0 saturated carbocycles. The smallest absolute Gasteiger partial charge is 0.282 e. The van der Waals surface area contributed by atoms with Gasteiger partial charge in [0.1, 0.15) is 5.56 Å². The number of aromatic nitrogens is 2. The van der Waals surface area contributed by atoms with Gasteiger partial charge in [-0.3, -0.25) is 19.5 Å². The normalized spacial score (nSPS) is 11.1. The maximum absolute atomic E-state index is 13.6. The summed E-state index contributed by atoms with van der Waals surface area (Å²) in [6.45, 7) is 6.60. The Balaban J connectivity index is 1.90. The summed E-state index contributed by atoms with van der Waals surface area (Å²) < 4.78 is 1.40. The Bertz CT molecular complexity index is 1150. The van der Waals surface area contributed by atoms with E-state index < -0.39 is 5.56 Å². The third-order valence-electron chi connectivity index (χ3n) is 6.01. The van der Waals surface area contributed by atoms with Crippen LogP contribution in [-0.4, -0.2) is 39.5 Å². The van der Waals surface area contributed by atoms with Gasteiger partial charge in [0.2, 0.25) is 5.91 Å². The monoisotopic (exact) mass is 475 g/mol. The molecule has 3 rings (SSSR count). The molecule has 0 unspecified atom stereocenters. The Morgan fingerprint density at radius 2 is 1.54 bits per heavy atom. The number of rotatable bonds is 13. The van der Waals surface area contributed by atoms with Crippen LogP contribution >= 0.6 is 0 Å². The zero-order valence-corrected chi connectivity index (χ0v) is 21.1. The molecule has 1 N–H and O–H groups in total. The summed E-state index contributed by atoms with van der Waals surface area (Å²) in [4.78, 5) is 41.7. The number of nitrogens with one attached hydrogen (secondary N) is 1. The summed E-state index contributed by atoms with van der Waals surface area (Å²) in [6, 6.07) is 18.5. The Hall–Kier alpha value is -3.41. The summed E-state index contributed by atoms with van der Waals surface area (Å²) >= 11 is 0. The van der Waals surface area contributed by atoms with Crippen LogP contribution in [0.3, 0.4) is 0 Å². The summed E-state index contributed by atoms with van der Waals surface area (Å²) in [7, 11) is 0. The standard InChI is InChI=1S/C29H37N3O3/c1-4-5-6-7-14-19-26(34)31(20-22(2)3)21-25(33)27-28(23-15-10-8-11-16-23)30-32(29(27)35)24-17-12-9-13-18-24/h8-13,15-18,22,30H,4-7,14,19-21H2,1-3H3. The fourth-order valence-corrected chi connectivity index (χ4v) is 4.25. The van der Waals surface area contributed by atoms with Crippen LogP contribution in [0.15, 0.2) is 65.5 Å². The van der Waals surface area contributed by atoms with Gasteiger partial charge in [-0.05, 0) is 24.5 Å². The van der Waals surface area contributed by atoms with E-state index >= 15 is 0 Å². The van der Waals surface area contributed by atoms with Crippen LogP contribution in [0.4, 0.5) is 0 Å². The number of carbonyl (C=O) groups is 2. The van der Waals surface area contributed by atoms with E-state index in [9.17, 15) is 14.4 Å². The van der Waals surface area contributed by atoms with E-state index in [1.807, 2.05) is 74.5 Å². The molecule has 0 aliphatic heterocycles. The predicted octanol–water partition coefficient (Wildman–Crippen LogP) is 5.86. The number of unbranched alkanes of at least 4 members (excludes halogenated alkanes) is 4. The van der Waals surface area contributed by atoms with Crippen LogP contribution in [0.5, 0.6) is 0 Å². The number of aromatic amines is 1. The maximum atomic E-state index is 13.6. The Morgan fingerprint density at radius 3 is 2.17 bits per heavy atom. The molecule has 0 spiro atoms. The second kappa shape index (κ2) is 12.9. The number of hydrogen-bond donors (Lipinski definition) is 1. The number of ketones is 1. The number of H-pyrrole nitrogens is 1. The van der Waals surface area contributed by atoms with E-state index in [-0.39, 0.29) is 29.7 Å². The fourth-order valence-electron chi connectivity index (χ4n) is 4.25. The van der Waals surface area contributed by atoms with Crippen LogP contribution in [0.1, 0.15) is 69.7 Å². The van der Waals surface area contributed by atoms with Gasteiger partial charge < -0.3 is 4.90 Å². The molecular weight excluding hydrogens is 438 g/mol. The number of Topliss-reactive ketones (excluding diaryl/α,β-unsaturated/α-hetero) is 1. The highest BCUT2D eigenvalue weighted by molar-refractivity contribution is 6.03. The second-order valence-corrected chi connectivity index (χ2v) is 9.46. The second-order valence-electron chi connectivity index (χ2n) is 9.46. The molecular formula is C29H37N3O3. The lowest BCUT2D eigenvalue weighted by Gasteiger charge is -2.24. The van der Waals surface area contributed by atoms with Gasteiger partial charge >= 0.3 is 0 Å². The molecule has 0 aliphatic rings. The van der Waals surface area contributed by atoms with Crippen molar-refractivity contribution < 1.29 is 9.59 Å². The first-order chi connectivity index (χ1) is 16.9. The highest BCUT2D eigenvalue weighted by Crippen LogP contribution is 2.22. The Morgan fingerprint density at radius 1 is 0.914 bits per heavy atom. The van der Waals surface area contributed by atoms with Crippen molar-refractivity contribution in [3.05, 3.63) is 76.6 Å². The van der Waals surface area contributed by atoms with Crippen LogP contribution in [-0.2, 0) is 4.79 Å². The van der Waals surface area contributed by atoms with Gasteiger partial charge in [0.25, 0.3) is 5.56 Å². The molecule has 1 amide bonds. The third kappa shape index (κ3) is 7.04. The van der Waals surface area contributed by atoms with Crippen molar-refractivity contribution in [3.8, 4) is 16.9 Å². The van der Waals surface area contributed by atoms with E-state index in [0.717, 1.165) is 31.2 Å². The minimum atomic E-state index is -0.406. The first-order valence-corrected chi connectivity index (χ1v) is 12.7. The maximum Gasteiger partial charge on any atom is 0.282 e. The van der Waals surface area contributed by atoms with Crippen molar-refractivity contribution in [3.63, 3.8) is 0 Å². The lowest BCUT2D eigenvalue weighted by molar-refractivity contribution is -0.131. The van der Waals surface area contributed by atoms with Gasteiger partial charge in [-0.15, -0.1) is 0 Å². The van der Waals surface area contributed by atoms with Crippen LogP contribution < -0.4 is 5.56 Å². The molecule has 0 fully saturated rings. The van der Waals surface area contributed by atoms with Gasteiger partial charge in [0.15, 0.2) is 5.78 Å². The fraction of sp³-hybridized carbons (Fsp3) is 0.414. The van der Waals surface area contributed by atoms with Gasteiger partial charge in [-0.1, -0.05) is 95.0 Å². The molecule has 0 aliphatic carbocycles. The molecule has 35 heavy (non-hydrogen) atoms. The average Bonchev–Trinajstić information content (AvgIpc) is 3.21. The van der Waals surface area contributed by atoms with Gasteiger partial charge in [0.05, 0.1) is 17.9 Å². The largest absolute Gasteiger partial charge is 0.335 e. The zero-order chi connectivity index (χ0) is 25.2. The quantitative estimate of drug-likeness (QED) is 0.248. The van der Waals surface area contributed by atoms with Crippen LogP contribution in [0, 0.1) is 5.92 Å². The van der Waals surface area contributed by atoms with Gasteiger partial charge in [-0.25, -0.2) is 4.68 Å². The van der Waals surface area contributed by atoms with Crippen molar-refractivity contribution in [2.45, 2.75) is 59.3 Å². The van der Waals surface area contributed by atoms with Crippen molar-refractivity contribution >= 4 is 11.7 Å². The number of carbonyl (C=O) groups excluding carboxylic acids is 2. The first kappa shape index (κ1) is 26.2. The Kier molecular flexibility index (Phi) is 9.65. The summed E-state index contributed by atoms with van der Waals surface area (Å²) in [6.07, 6.45) is 5.71. The summed E-state index contributed by atoms with van der Waals surface area (Å²) in [5, 5.41) is 3.14. The Labute approximate surface area is 208 Å². The van der Waals surface area contributed by atoms with E-state index in [0.29, 0.717) is 24.3 Å². The number of para-hydroxylation sites is 1. The molecule has 6 heteroatoms. The zero-order valence-electron chi connectivity index (χ0n) is 21.1. The third-order valence-corrected chi connectivity index (χ3v) is 6.01. The van der Waals surface area contributed by atoms with Gasteiger partial charge in [0, 0.05) is 18.5 Å². The molecule has 0 bridgehead atoms. The number of amides is 1. The molecule has 3 aromatic rings. The minimum absolute atomic E-state index is 0.0243. The molecule has 2 aromatic carbocycles. The molecule has 186 valence electrons. The van der Waals surface area contributed by atoms with E-state index in [1.165, 1.54) is 11.1 Å². The molecule has 0 radical (unpaired) electrons. The van der Waals surface area contributed by atoms with E-state index in [1.54, 1.807) is 4.90 Å².